The zero-order valence-corrected chi connectivity index (χ0v) is 20.8. The van der Waals surface area contributed by atoms with Crippen molar-refractivity contribution in [2.75, 3.05) is 18.6 Å². The van der Waals surface area contributed by atoms with Crippen molar-refractivity contribution in [3.63, 3.8) is 0 Å². The molecule has 1 aromatic carbocycles. The molecule has 1 aliphatic heterocycles. The quantitative estimate of drug-likeness (QED) is 0.656. The van der Waals surface area contributed by atoms with Crippen LogP contribution in [0.25, 0.3) is 0 Å². The van der Waals surface area contributed by atoms with E-state index < -0.39 is 0 Å². The molecule has 0 bridgehead atoms. The van der Waals surface area contributed by atoms with Gasteiger partial charge in [0.15, 0.2) is 0 Å². The summed E-state index contributed by atoms with van der Waals surface area (Å²) in [5.41, 5.74) is 12.3. The number of amides is 1. The maximum Gasteiger partial charge on any atom is 0.251 e. The van der Waals surface area contributed by atoms with E-state index in [0.29, 0.717) is 24.5 Å². The number of fused-ring (bicyclic) bond motifs is 2. The lowest BCUT2D eigenvalue weighted by atomic mass is 9.89. The van der Waals surface area contributed by atoms with Gasteiger partial charge in [-0.25, -0.2) is 4.98 Å². The highest BCUT2D eigenvalue weighted by molar-refractivity contribution is 5.97. The van der Waals surface area contributed by atoms with Crippen LogP contribution in [0.5, 0.6) is 5.88 Å². The molecule has 182 valence electrons. The average Bonchev–Trinajstić information content (AvgIpc) is 2.84. The number of aryl methyl sites for hydroxylation is 2. The minimum Gasteiger partial charge on any atom is -0.481 e. The molecule has 0 saturated heterocycles. The number of carbonyl (C=O) groups excluding carboxylic acids is 1. The van der Waals surface area contributed by atoms with Crippen LogP contribution in [0.2, 0.25) is 0 Å². The minimum atomic E-state index is -0.0545. The van der Waals surface area contributed by atoms with Gasteiger partial charge in [0.1, 0.15) is 0 Å². The third-order valence-electron chi connectivity index (χ3n) is 7.22. The highest BCUT2D eigenvalue weighted by Gasteiger charge is 2.26. The summed E-state index contributed by atoms with van der Waals surface area (Å²) < 4.78 is 5.57. The Balaban J connectivity index is 1.68. The molecule has 2 aromatic rings. The molecule has 1 saturated carbocycles. The normalized spacial score (nSPS) is 20.9. The lowest BCUT2D eigenvalue weighted by molar-refractivity contribution is 0.0949. The number of benzene rings is 1. The molecule has 1 amide bonds. The van der Waals surface area contributed by atoms with E-state index >= 15 is 0 Å². The number of methoxy groups -OCH3 is 1. The number of allylic oxidation sites excluding steroid dienone is 2. The molecule has 3 N–H and O–H groups in total. The lowest BCUT2D eigenvalue weighted by Crippen LogP contribution is -2.41. The van der Waals surface area contributed by atoms with Gasteiger partial charge in [-0.15, -0.1) is 0 Å². The molecule has 2 aliphatic rings. The van der Waals surface area contributed by atoms with Crippen LogP contribution in [0.15, 0.2) is 36.4 Å². The standard InChI is InChI=1S/C28H38N4O2/c1-4-32(22-15-13-21(29)14-16-22)26-12-8-11-24-23(26)10-7-5-6-9-20-17-19(2)31-28(34-3)25(20)18-30-27(24)33/h5,7-8,11-12,17,21-22H,4,6,9-10,13-16,18,29H2,1-3H3,(H,30,33). The number of hydrogen-bond donors (Lipinski definition) is 2. The van der Waals surface area contributed by atoms with Crippen LogP contribution < -0.4 is 20.7 Å². The topological polar surface area (TPSA) is 80.5 Å². The van der Waals surface area contributed by atoms with Crippen molar-refractivity contribution < 1.29 is 9.53 Å². The van der Waals surface area contributed by atoms with Crippen LogP contribution >= 0.6 is 0 Å². The van der Waals surface area contributed by atoms with Gasteiger partial charge in [0.05, 0.1) is 7.11 Å². The molecule has 34 heavy (non-hydrogen) atoms. The van der Waals surface area contributed by atoms with Gasteiger partial charge >= 0.3 is 0 Å². The predicted molar refractivity (Wildman–Crippen MR) is 138 cm³/mol. The van der Waals surface area contributed by atoms with Crippen LogP contribution in [0.3, 0.4) is 0 Å². The maximum atomic E-state index is 13.4. The van der Waals surface area contributed by atoms with E-state index in [2.05, 4.69) is 46.4 Å². The van der Waals surface area contributed by atoms with Crippen molar-refractivity contribution in [3.8, 4) is 5.88 Å². The summed E-state index contributed by atoms with van der Waals surface area (Å²) in [7, 11) is 1.64. The number of ether oxygens (including phenoxy) is 1. The number of carbonyl (C=O) groups is 1. The molecule has 0 radical (unpaired) electrons. The SMILES string of the molecule is CCN(c1cccc2c1CC=CCCc1cc(C)nc(OC)c1CNC2=O)C1CCC(N)CC1. The molecule has 0 atom stereocenters. The van der Waals surface area contributed by atoms with Gasteiger partial charge in [-0.1, -0.05) is 18.2 Å². The number of pyridine rings is 1. The van der Waals surface area contributed by atoms with Crippen molar-refractivity contribution in [2.24, 2.45) is 5.73 Å². The number of anilines is 1. The molecule has 4 rings (SSSR count). The molecule has 6 heteroatoms. The van der Waals surface area contributed by atoms with Crippen molar-refractivity contribution in [1.29, 1.82) is 0 Å². The van der Waals surface area contributed by atoms with E-state index in [1.165, 1.54) is 11.3 Å². The average molecular weight is 463 g/mol. The van der Waals surface area contributed by atoms with Gasteiger partial charge in [0.2, 0.25) is 5.88 Å². The molecule has 0 spiro atoms. The van der Waals surface area contributed by atoms with Gasteiger partial charge in [0, 0.05) is 47.7 Å². The minimum absolute atomic E-state index is 0.0545. The number of hydrogen-bond acceptors (Lipinski definition) is 5. The number of aromatic nitrogens is 1. The molecule has 2 heterocycles. The fraction of sp³-hybridized carbons (Fsp3) is 0.500. The van der Waals surface area contributed by atoms with Gasteiger partial charge in [-0.3, -0.25) is 4.79 Å². The largest absolute Gasteiger partial charge is 0.481 e. The fourth-order valence-electron chi connectivity index (χ4n) is 5.45. The van der Waals surface area contributed by atoms with Gasteiger partial charge in [-0.2, -0.15) is 0 Å². The zero-order valence-electron chi connectivity index (χ0n) is 20.8. The molecular formula is C28H38N4O2. The Labute approximate surface area is 203 Å². The number of nitrogens with zero attached hydrogens (tertiary/aromatic N) is 2. The Bertz CT molecular complexity index is 1040. The summed E-state index contributed by atoms with van der Waals surface area (Å²) in [6.07, 6.45) is 11.3. The summed E-state index contributed by atoms with van der Waals surface area (Å²) in [6.45, 7) is 5.50. The van der Waals surface area contributed by atoms with Crippen LogP contribution in [0, 0.1) is 6.92 Å². The Morgan fingerprint density at radius 3 is 2.71 bits per heavy atom. The monoisotopic (exact) mass is 462 g/mol. The van der Waals surface area contributed by atoms with Crippen LogP contribution in [-0.2, 0) is 19.4 Å². The summed E-state index contributed by atoms with van der Waals surface area (Å²) in [5.74, 6) is 0.541. The molecule has 1 fully saturated rings. The summed E-state index contributed by atoms with van der Waals surface area (Å²) in [4.78, 5) is 20.5. The summed E-state index contributed by atoms with van der Waals surface area (Å²) in [6, 6.07) is 9.03. The van der Waals surface area contributed by atoms with Crippen LogP contribution in [-0.4, -0.2) is 36.6 Å². The second-order valence-corrected chi connectivity index (χ2v) is 9.47. The smallest absolute Gasteiger partial charge is 0.251 e. The number of nitrogens with one attached hydrogen (secondary N) is 1. The highest BCUT2D eigenvalue weighted by Crippen LogP contribution is 2.32. The second-order valence-electron chi connectivity index (χ2n) is 9.47. The Kier molecular flexibility index (Phi) is 7.88. The first-order chi connectivity index (χ1) is 16.5. The van der Waals surface area contributed by atoms with E-state index in [-0.39, 0.29) is 5.91 Å². The van der Waals surface area contributed by atoms with E-state index in [9.17, 15) is 4.79 Å². The Hall–Kier alpha value is -2.86. The third-order valence-corrected chi connectivity index (χ3v) is 7.22. The van der Waals surface area contributed by atoms with E-state index in [0.717, 1.165) is 73.9 Å². The molecular weight excluding hydrogens is 424 g/mol. The van der Waals surface area contributed by atoms with Gasteiger partial charge in [-0.05, 0) is 88.1 Å². The van der Waals surface area contributed by atoms with Crippen molar-refractivity contribution in [1.82, 2.24) is 10.3 Å². The van der Waals surface area contributed by atoms with Gasteiger partial charge in [0.25, 0.3) is 5.91 Å². The first kappa shape index (κ1) is 24.3. The Morgan fingerprint density at radius 1 is 1.18 bits per heavy atom. The number of rotatable bonds is 4. The second kappa shape index (κ2) is 11.0. The first-order valence-electron chi connectivity index (χ1n) is 12.6. The highest BCUT2D eigenvalue weighted by atomic mass is 16.5. The summed E-state index contributed by atoms with van der Waals surface area (Å²) in [5, 5.41) is 3.16. The fourth-order valence-corrected chi connectivity index (χ4v) is 5.45. The van der Waals surface area contributed by atoms with Crippen molar-refractivity contribution >= 4 is 11.6 Å². The number of nitrogens with two attached hydrogens (primary N) is 1. The third kappa shape index (κ3) is 5.27. The molecule has 1 aromatic heterocycles. The van der Waals surface area contributed by atoms with E-state index in [1.54, 1.807) is 7.11 Å². The predicted octanol–water partition coefficient (Wildman–Crippen LogP) is 4.47. The molecule has 0 unspecified atom stereocenters. The van der Waals surface area contributed by atoms with E-state index in [1.807, 2.05) is 19.1 Å². The van der Waals surface area contributed by atoms with Crippen molar-refractivity contribution in [2.45, 2.75) is 77.4 Å². The zero-order chi connectivity index (χ0) is 24.1. The van der Waals surface area contributed by atoms with Gasteiger partial charge < -0.3 is 20.7 Å². The van der Waals surface area contributed by atoms with Crippen LogP contribution in [0.4, 0.5) is 5.69 Å². The molecule has 1 aliphatic carbocycles. The Morgan fingerprint density at radius 2 is 1.97 bits per heavy atom. The lowest BCUT2D eigenvalue weighted by Gasteiger charge is -2.38. The van der Waals surface area contributed by atoms with E-state index in [4.69, 9.17) is 10.5 Å². The molecule has 6 nitrogen and oxygen atoms in total. The van der Waals surface area contributed by atoms with Crippen molar-refractivity contribution in [3.05, 3.63) is 64.4 Å². The maximum absolute atomic E-state index is 13.4. The first-order valence-corrected chi connectivity index (χ1v) is 12.6. The summed E-state index contributed by atoms with van der Waals surface area (Å²) >= 11 is 0. The van der Waals surface area contributed by atoms with Crippen LogP contribution in [0.1, 0.15) is 71.8 Å².